The average molecular weight is 236 g/mol. The standard InChI is InChI=1S/C14H22O.Al.3H/c1-13(2,3)10-7-11(14(4,5)6)9-12(15)8-10;;;;/h7-9,15H,1-6H3;;;;. The molecule has 0 unspecified atom stereocenters. The van der Waals surface area contributed by atoms with E-state index in [1.165, 1.54) is 11.1 Å². The molecule has 0 aliphatic heterocycles. The lowest BCUT2D eigenvalue weighted by Gasteiger charge is -2.25. The molecule has 0 radical (unpaired) electrons. The summed E-state index contributed by atoms with van der Waals surface area (Å²) in [4.78, 5) is 0. The highest BCUT2D eigenvalue weighted by molar-refractivity contribution is 5.75. The summed E-state index contributed by atoms with van der Waals surface area (Å²) in [7, 11) is 0. The van der Waals surface area contributed by atoms with Crippen LogP contribution in [0.4, 0.5) is 0 Å². The van der Waals surface area contributed by atoms with Gasteiger partial charge in [0.2, 0.25) is 0 Å². The Bertz CT molecular complexity index is 324. The van der Waals surface area contributed by atoms with E-state index in [1.54, 1.807) is 0 Å². The van der Waals surface area contributed by atoms with Crippen molar-refractivity contribution in [2.45, 2.75) is 52.4 Å². The Morgan fingerprint density at radius 3 is 1.31 bits per heavy atom. The molecule has 0 bridgehead atoms. The van der Waals surface area contributed by atoms with Crippen molar-refractivity contribution >= 4 is 17.4 Å². The van der Waals surface area contributed by atoms with Gasteiger partial charge in [0, 0.05) is 0 Å². The lowest BCUT2D eigenvalue weighted by Crippen LogP contribution is -2.15. The van der Waals surface area contributed by atoms with Crippen LogP contribution in [0.1, 0.15) is 52.7 Å². The van der Waals surface area contributed by atoms with Gasteiger partial charge in [-0.3, -0.25) is 0 Å². The molecule has 0 aromatic heterocycles. The van der Waals surface area contributed by atoms with Crippen LogP contribution in [0.2, 0.25) is 0 Å². The Morgan fingerprint density at radius 1 is 0.750 bits per heavy atom. The largest absolute Gasteiger partial charge is 0.508 e. The Morgan fingerprint density at radius 2 is 1.06 bits per heavy atom. The third-order valence-corrected chi connectivity index (χ3v) is 2.65. The first-order chi connectivity index (χ1) is 6.60. The van der Waals surface area contributed by atoms with Crippen LogP contribution in [0.5, 0.6) is 5.75 Å². The second-order valence-electron chi connectivity index (χ2n) is 6.27. The topological polar surface area (TPSA) is 20.2 Å². The van der Waals surface area contributed by atoms with Crippen molar-refractivity contribution in [3.05, 3.63) is 29.3 Å². The van der Waals surface area contributed by atoms with Crippen molar-refractivity contribution in [3.63, 3.8) is 0 Å². The molecule has 2 heteroatoms. The first-order valence-electron chi connectivity index (χ1n) is 5.46. The molecule has 0 saturated heterocycles. The van der Waals surface area contributed by atoms with Crippen molar-refractivity contribution in [1.29, 1.82) is 0 Å². The van der Waals surface area contributed by atoms with E-state index in [0.717, 1.165) is 0 Å². The molecular formula is C14H25AlO. The molecule has 0 atom stereocenters. The normalized spacial score (nSPS) is 12.1. The molecule has 0 amide bonds. The molecule has 1 aromatic carbocycles. The molecule has 0 aliphatic rings. The number of hydrogen-bond donors (Lipinski definition) is 1. The monoisotopic (exact) mass is 236 g/mol. The summed E-state index contributed by atoms with van der Waals surface area (Å²) >= 11 is 0. The van der Waals surface area contributed by atoms with Gasteiger partial charge in [0.15, 0.2) is 17.4 Å². The van der Waals surface area contributed by atoms with Gasteiger partial charge in [0.05, 0.1) is 0 Å². The van der Waals surface area contributed by atoms with Crippen LogP contribution in [0, 0.1) is 0 Å². The summed E-state index contributed by atoms with van der Waals surface area (Å²) in [6.07, 6.45) is 0. The van der Waals surface area contributed by atoms with Gasteiger partial charge in [0.1, 0.15) is 5.75 Å². The summed E-state index contributed by atoms with van der Waals surface area (Å²) in [5.41, 5.74) is 2.54. The van der Waals surface area contributed by atoms with Crippen molar-refractivity contribution in [2.75, 3.05) is 0 Å². The van der Waals surface area contributed by atoms with Crippen molar-refractivity contribution < 1.29 is 5.11 Å². The van der Waals surface area contributed by atoms with Crippen LogP contribution in [-0.4, -0.2) is 22.5 Å². The lowest BCUT2D eigenvalue weighted by molar-refractivity contribution is 0.466. The summed E-state index contributed by atoms with van der Waals surface area (Å²) in [5.74, 6) is 0.368. The van der Waals surface area contributed by atoms with E-state index in [9.17, 15) is 5.11 Å². The van der Waals surface area contributed by atoms with Gasteiger partial charge in [-0.2, -0.15) is 0 Å². The Kier molecular flexibility index (Phi) is 4.68. The van der Waals surface area contributed by atoms with Crippen LogP contribution >= 0.6 is 0 Å². The molecule has 0 heterocycles. The molecular weight excluding hydrogens is 211 g/mol. The summed E-state index contributed by atoms with van der Waals surface area (Å²) in [6.45, 7) is 13.0. The fourth-order valence-corrected chi connectivity index (χ4v) is 1.48. The maximum Gasteiger partial charge on any atom is 0.187 e. The van der Waals surface area contributed by atoms with Crippen LogP contribution in [0.3, 0.4) is 0 Å². The van der Waals surface area contributed by atoms with Gasteiger partial charge in [-0.05, 0) is 34.1 Å². The zero-order valence-corrected chi connectivity index (χ0v) is 10.7. The number of benzene rings is 1. The highest BCUT2D eigenvalue weighted by Gasteiger charge is 2.20. The number of phenolic OH excluding ortho intramolecular Hbond substituents is 1. The van der Waals surface area contributed by atoms with Gasteiger partial charge >= 0.3 is 0 Å². The summed E-state index contributed by atoms with van der Waals surface area (Å²) in [6, 6.07) is 5.91. The van der Waals surface area contributed by atoms with Gasteiger partial charge in [-0.1, -0.05) is 47.6 Å². The van der Waals surface area contributed by atoms with Crippen LogP contribution in [0.25, 0.3) is 0 Å². The minimum absolute atomic E-state index is 0. The Balaban J connectivity index is 0.00000225. The van der Waals surface area contributed by atoms with Crippen molar-refractivity contribution in [1.82, 2.24) is 0 Å². The van der Waals surface area contributed by atoms with Gasteiger partial charge in [-0.25, -0.2) is 0 Å². The second kappa shape index (κ2) is 4.82. The molecule has 1 aromatic rings. The molecule has 0 aliphatic carbocycles. The Labute approximate surface area is 110 Å². The second-order valence-corrected chi connectivity index (χ2v) is 6.27. The summed E-state index contributed by atoms with van der Waals surface area (Å²) in [5, 5.41) is 9.72. The number of hydrogen-bond acceptors (Lipinski definition) is 1. The zero-order valence-electron chi connectivity index (χ0n) is 10.7. The predicted molar refractivity (Wildman–Crippen MR) is 75.4 cm³/mol. The van der Waals surface area contributed by atoms with E-state index in [0.29, 0.717) is 5.75 Å². The molecule has 0 saturated carbocycles. The van der Waals surface area contributed by atoms with E-state index in [-0.39, 0.29) is 28.2 Å². The van der Waals surface area contributed by atoms with Crippen LogP contribution in [-0.2, 0) is 10.8 Å². The van der Waals surface area contributed by atoms with E-state index in [1.807, 2.05) is 12.1 Å². The van der Waals surface area contributed by atoms with Gasteiger partial charge < -0.3 is 5.11 Å². The maximum absolute atomic E-state index is 9.72. The van der Waals surface area contributed by atoms with E-state index >= 15 is 0 Å². The molecule has 0 spiro atoms. The van der Waals surface area contributed by atoms with E-state index in [4.69, 9.17) is 0 Å². The fraction of sp³-hybridized carbons (Fsp3) is 0.571. The van der Waals surface area contributed by atoms with E-state index in [2.05, 4.69) is 47.6 Å². The molecule has 1 N–H and O–H groups in total. The van der Waals surface area contributed by atoms with Crippen LogP contribution < -0.4 is 0 Å². The van der Waals surface area contributed by atoms with Gasteiger partial charge in [-0.15, -0.1) is 0 Å². The first kappa shape index (κ1) is 15.6. The number of rotatable bonds is 0. The number of aromatic hydroxyl groups is 1. The third-order valence-electron chi connectivity index (χ3n) is 2.65. The van der Waals surface area contributed by atoms with Gasteiger partial charge in [0.25, 0.3) is 0 Å². The van der Waals surface area contributed by atoms with Crippen molar-refractivity contribution in [3.8, 4) is 5.75 Å². The SMILES string of the molecule is CC(C)(C)c1cc(O)cc(C(C)(C)C)c1.[AlH3]. The lowest BCUT2D eigenvalue weighted by atomic mass is 9.80. The maximum atomic E-state index is 9.72. The average Bonchev–Trinajstić information content (AvgIpc) is 1.99. The minimum Gasteiger partial charge on any atom is -0.508 e. The number of phenols is 1. The molecule has 90 valence electrons. The fourth-order valence-electron chi connectivity index (χ4n) is 1.48. The third kappa shape index (κ3) is 3.85. The zero-order chi connectivity index (χ0) is 11.9. The highest BCUT2D eigenvalue weighted by atomic mass is 27.0. The smallest absolute Gasteiger partial charge is 0.187 e. The predicted octanol–water partition coefficient (Wildman–Crippen LogP) is 2.80. The molecule has 16 heavy (non-hydrogen) atoms. The van der Waals surface area contributed by atoms with Crippen molar-refractivity contribution in [2.24, 2.45) is 0 Å². The first-order valence-corrected chi connectivity index (χ1v) is 5.46. The van der Waals surface area contributed by atoms with E-state index < -0.39 is 0 Å². The molecule has 1 nitrogen and oxygen atoms in total. The van der Waals surface area contributed by atoms with Crippen LogP contribution in [0.15, 0.2) is 18.2 Å². The summed E-state index contributed by atoms with van der Waals surface area (Å²) < 4.78 is 0. The highest BCUT2D eigenvalue weighted by Crippen LogP contribution is 2.32. The quantitative estimate of drug-likeness (QED) is 0.687. The minimum atomic E-state index is 0. The Hall–Kier alpha value is -0.448. The molecule has 0 fully saturated rings. The molecule has 1 rings (SSSR count).